The molecule has 4 heteroatoms. The molecular formula is C52H34N4. The lowest BCUT2D eigenvalue weighted by Crippen LogP contribution is -1.97. The number of nitrogens with zero attached hydrogens (tertiary/aromatic N) is 4. The Bertz CT molecular complexity index is 3100. The molecular weight excluding hydrogens is 681 g/mol. The SMILES string of the molecule is c1ccc(-c2cc(-c3ccc(-c4nccc5c6cc(-n7c8ccccc8c8ccccc87)ccc6n(-c6ccccc6)c45)cc3)cc(-c3ccccc3)n2)cc1. The zero-order valence-electron chi connectivity index (χ0n) is 30.4. The molecule has 4 aromatic heterocycles. The van der Waals surface area contributed by atoms with Gasteiger partial charge in [0.15, 0.2) is 0 Å². The standard InChI is InChI=1S/C52H34N4/c1-4-14-36(15-5-1)46-32-39(33-47(54-46)37-16-6-2-7-17-37)35-24-26-38(27-25-35)51-52-44(30-31-53-51)45-34-41(28-29-50(45)56(52)40-18-8-3-9-19-40)55-48-22-12-10-20-42(48)43-21-11-13-23-49(43)55/h1-34H. The summed E-state index contributed by atoms with van der Waals surface area (Å²) in [7, 11) is 0. The number of benzene rings is 7. The molecule has 11 rings (SSSR count). The molecule has 0 fully saturated rings. The molecule has 0 saturated carbocycles. The first-order chi connectivity index (χ1) is 27.8. The summed E-state index contributed by atoms with van der Waals surface area (Å²) in [6.45, 7) is 0. The molecule has 0 bridgehead atoms. The summed E-state index contributed by atoms with van der Waals surface area (Å²) in [5, 5.41) is 4.85. The number of hydrogen-bond acceptors (Lipinski definition) is 2. The van der Waals surface area contributed by atoms with Crippen LogP contribution in [-0.4, -0.2) is 19.1 Å². The molecule has 4 nitrogen and oxygen atoms in total. The van der Waals surface area contributed by atoms with Gasteiger partial charge in [-0.3, -0.25) is 4.98 Å². The lowest BCUT2D eigenvalue weighted by Gasteiger charge is -2.13. The summed E-state index contributed by atoms with van der Waals surface area (Å²) >= 11 is 0. The lowest BCUT2D eigenvalue weighted by atomic mass is 9.98. The maximum Gasteiger partial charge on any atom is 0.0948 e. The van der Waals surface area contributed by atoms with Gasteiger partial charge in [-0.2, -0.15) is 0 Å². The van der Waals surface area contributed by atoms with Crippen LogP contribution in [0, 0.1) is 0 Å². The first-order valence-corrected chi connectivity index (χ1v) is 19.0. The molecule has 11 aromatic rings. The second kappa shape index (κ2) is 13.1. The summed E-state index contributed by atoms with van der Waals surface area (Å²) < 4.78 is 4.76. The first-order valence-electron chi connectivity index (χ1n) is 19.0. The zero-order valence-corrected chi connectivity index (χ0v) is 30.4. The van der Waals surface area contributed by atoms with Crippen LogP contribution in [0.15, 0.2) is 206 Å². The van der Waals surface area contributed by atoms with Gasteiger partial charge in [0, 0.05) is 55.8 Å². The van der Waals surface area contributed by atoms with Crippen LogP contribution in [0.5, 0.6) is 0 Å². The molecule has 56 heavy (non-hydrogen) atoms. The van der Waals surface area contributed by atoms with Gasteiger partial charge in [-0.1, -0.05) is 140 Å². The normalized spacial score (nSPS) is 11.6. The Balaban J connectivity index is 1.08. The van der Waals surface area contributed by atoms with Gasteiger partial charge in [0.05, 0.1) is 39.1 Å². The van der Waals surface area contributed by atoms with E-state index < -0.39 is 0 Å². The maximum atomic E-state index is 5.10. The van der Waals surface area contributed by atoms with E-state index in [1.807, 2.05) is 18.3 Å². The Kier molecular flexibility index (Phi) is 7.46. The summed E-state index contributed by atoms with van der Waals surface area (Å²) in [6, 6.07) is 71.1. The minimum atomic E-state index is 0.942. The van der Waals surface area contributed by atoms with E-state index in [0.717, 1.165) is 72.7 Å². The monoisotopic (exact) mass is 714 g/mol. The predicted molar refractivity (Wildman–Crippen MR) is 232 cm³/mol. The highest BCUT2D eigenvalue weighted by Crippen LogP contribution is 2.40. The molecule has 0 aliphatic carbocycles. The lowest BCUT2D eigenvalue weighted by molar-refractivity contribution is 1.16. The Morgan fingerprint density at radius 1 is 0.321 bits per heavy atom. The van der Waals surface area contributed by atoms with Gasteiger partial charge in [-0.15, -0.1) is 0 Å². The smallest absolute Gasteiger partial charge is 0.0948 e. The fraction of sp³-hybridized carbons (Fsp3) is 0. The van der Waals surface area contributed by atoms with Crippen molar-refractivity contribution in [3.05, 3.63) is 206 Å². The van der Waals surface area contributed by atoms with Gasteiger partial charge in [0.1, 0.15) is 0 Å². The van der Waals surface area contributed by atoms with Crippen LogP contribution in [0.25, 0.3) is 99.9 Å². The molecule has 0 amide bonds. The van der Waals surface area contributed by atoms with Crippen LogP contribution in [0.3, 0.4) is 0 Å². The molecule has 0 aliphatic rings. The molecule has 0 atom stereocenters. The molecule has 0 radical (unpaired) electrons. The van der Waals surface area contributed by atoms with Crippen LogP contribution in [-0.2, 0) is 0 Å². The van der Waals surface area contributed by atoms with Gasteiger partial charge in [0.2, 0.25) is 0 Å². The van der Waals surface area contributed by atoms with Crippen molar-refractivity contribution < 1.29 is 0 Å². The molecule has 262 valence electrons. The number of aromatic nitrogens is 4. The third-order valence-electron chi connectivity index (χ3n) is 11.0. The van der Waals surface area contributed by atoms with Crippen molar-refractivity contribution in [1.82, 2.24) is 19.1 Å². The first kappa shape index (κ1) is 31.9. The van der Waals surface area contributed by atoms with Gasteiger partial charge in [-0.25, -0.2) is 4.98 Å². The summed E-state index contributed by atoms with van der Waals surface area (Å²) in [6.07, 6.45) is 1.95. The number of rotatable bonds is 6. The number of para-hydroxylation sites is 3. The number of hydrogen-bond donors (Lipinski definition) is 0. The van der Waals surface area contributed by atoms with E-state index in [0.29, 0.717) is 0 Å². The van der Waals surface area contributed by atoms with E-state index in [4.69, 9.17) is 9.97 Å². The number of fused-ring (bicyclic) bond motifs is 6. The molecule has 0 unspecified atom stereocenters. The summed E-state index contributed by atoms with van der Waals surface area (Å²) in [4.78, 5) is 10.2. The zero-order chi connectivity index (χ0) is 37.0. The molecule has 7 aromatic carbocycles. The second-order valence-electron chi connectivity index (χ2n) is 14.2. The predicted octanol–water partition coefficient (Wildman–Crippen LogP) is 13.3. The Labute approximate surface area is 324 Å². The third kappa shape index (κ3) is 5.23. The highest BCUT2D eigenvalue weighted by molar-refractivity contribution is 6.14. The summed E-state index contributed by atoms with van der Waals surface area (Å²) in [5.74, 6) is 0. The van der Waals surface area contributed by atoms with Crippen LogP contribution >= 0.6 is 0 Å². The van der Waals surface area contributed by atoms with Crippen LogP contribution < -0.4 is 0 Å². The van der Waals surface area contributed by atoms with E-state index in [1.165, 1.54) is 27.2 Å². The van der Waals surface area contributed by atoms with Crippen LogP contribution in [0.1, 0.15) is 0 Å². The van der Waals surface area contributed by atoms with Crippen LogP contribution in [0.4, 0.5) is 0 Å². The maximum absolute atomic E-state index is 5.10. The van der Waals surface area contributed by atoms with Gasteiger partial charge < -0.3 is 9.13 Å². The summed E-state index contributed by atoms with van der Waals surface area (Å²) in [5.41, 5.74) is 15.2. The van der Waals surface area contributed by atoms with Crippen molar-refractivity contribution in [2.75, 3.05) is 0 Å². The average Bonchev–Trinajstić information content (AvgIpc) is 3.80. The molecule has 0 saturated heterocycles. The largest absolute Gasteiger partial charge is 0.309 e. The highest BCUT2D eigenvalue weighted by Gasteiger charge is 2.20. The average molecular weight is 715 g/mol. The Morgan fingerprint density at radius 3 is 1.48 bits per heavy atom. The molecule has 0 aliphatic heterocycles. The molecule has 0 N–H and O–H groups in total. The van der Waals surface area contributed by atoms with Gasteiger partial charge in [0.25, 0.3) is 0 Å². The van der Waals surface area contributed by atoms with Crippen molar-refractivity contribution >= 4 is 43.6 Å². The van der Waals surface area contributed by atoms with E-state index in [2.05, 4.69) is 197 Å². The van der Waals surface area contributed by atoms with Crippen molar-refractivity contribution in [2.24, 2.45) is 0 Å². The fourth-order valence-electron chi connectivity index (χ4n) is 8.38. The van der Waals surface area contributed by atoms with Gasteiger partial charge >= 0.3 is 0 Å². The molecule has 4 heterocycles. The van der Waals surface area contributed by atoms with E-state index in [9.17, 15) is 0 Å². The van der Waals surface area contributed by atoms with Crippen molar-refractivity contribution in [3.8, 4) is 56.3 Å². The highest BCUT2D eigenvalue weighted by atomic mass is 15.0. The van der Waals surface area contributed by atoms with Crippen LogP contribution in [0.2, 0.25) is 0 Å². The minimum Gasteiger partial charge on any atom is -0.309 e. The van der Waals surface area contributed by atoms with Crippen molar-refractivity contribution in [3.63, 3.8) is 0 Å². The third-order valence-corrected chi connectivity index (χ3v) is 11.0. The van der Waals surface area contributed by atoms with E-state index in [1.54, 1.807) is 0 Å². The minimum absolute atomic E-state index is 0.942. The fourth-order valence-corrected chi connectivity index (χ4v) is 8.38. The Hall–Kier alpha value is -7.56. The Morgan fingerprint density at radius 2 is 0.857 bits per heavy atom. The van der Waals surface area contributed by atoms with E-state index in [-0.39, 0.29) is 0 Å². The van der Waals surface area contributed by atoms with Crippen molar-refractivity contribution in [2.45, 2.75) is 0 Å². The van der Waals surface area contributed by atoms with Crippen molar-refractivity contribution in [1.29, 1.82) is 0 Å². The molecule has 0 spiro atoms. The second-order valence-corrected chi connectivity index (χ2v) is 14.2. The topological polar surface area (TPSA) is 35.6 Å². The quantitative estimate of drug-likeness (QED) is 0.172. The van der Waals surface area contributed by atoms with Gasteiger partial charge in [-0.05, 0) is 71.8 Å². The van der Waals surface area contributed by atoms with E-state index >= 15 is 0 Å². The number of pyridine rings is 2.